The van der Waals surface area contributed by atoms with Crippen molar-refractivity contribution in [3.8, 4) is 17.0 Å². The third kappa shape index (κ3) is 3.69. The van der Waals surface area contributed by atoms with Gasteiger partial charge in [0.15, 0.2) is 0 Å². The number of hydrogen-bond donors (Lipinski definition) is 2. The summed E-state index contributed by atoms with van der Waals surface area (Å²) in [6.45, 7) is 6.49. The van der Waals surface area contributed by atoms with Crippen molar-refractivity contribution in [3.05, 3.63) is 42.5 Å². The summed E-state index contributed by atoms with van der Waals surface area (Å²) in [7, 11) is 1.64. The Morgan fingerprint density at radius 2 is 1.89 bits per heavy atom. The standard InChI is InChI=1S/C21H25N3O3/c1-5-24-18-11-10-16(26-4)12-17(18)19(22)20(24)14-6-8-15(9-7-14)23-21(25)27-13(2)3/h6-13H,5,22H2,1-4H3,(H,23,25). The zero-order chi connectivity index (χ0) is 19.6. The maximum atomic E-state index is 11.7. The molecule has 1 aromatic heterocycles. The summed E-state index contributed by atoms with van der Waals surface area (Å²) in [5.74, 6) is 0.775. The number of nitrogens with two attached hydrogens (primary N) is 1. The zero-order valence-corrected chi connectivity index (χ0v) is 16.1. The molecule has 2 aromatic carbocycles. The van der Waals surface area contributed by atoms with Crippen molar-refractivity contribution < 1.29 is 14.3 Å². The van der Waals surface area contributed by atoms with Crippen molar-refractivity contribution in [1.82, 2.24) is 4.57 Å². The third-order valence-electron chi connectivity index (χ3n) is 4.37. The Morgan fingerprint density at radius 3 is 2.48 bits per heavy atom. The average Bonchev–Trinajstić information content (AvgIpc) is 2.93. The summed E-state index contributed by atoms with van der Waals surface area (Å²) >= 11 is 0. The molecule has 27 heavy (non-hydrogen) atoms. The molecule has 6 heteroatoms. The van der Waals surface area contributed by atoms with Gasteiger partial charge in [-0.2, -0.15) is 0 Å². The molecule has 1 heterocycles. The number of methoxy groups -OCH3 is 1. The zero-order valence-electron chi connectivity index (χ0n) is 16.1. The monoisotopic (exact) mass is 367 g/mol. The molecule has 142 valence electrons. The van der Waals surface area contributed by atoms with Crippen LogP contribution in [-0.4, -0.2) is 23.9 Å². The molecule has 0 aliphatic carbocycles. The van der Waals surface area contributed by atoms with E-state index in [1.807, 2.05) is 56.3 Å². The van der Waals surface area contributed by atoms with E-state index in [9.17, 15) is 4.79 Å². The first-order valence-corrected chi connectivity index (χ1v) is 8.98. The number of aromatic nitrogens is 1. The maximum absolute atomic E-state index is 11.7. The lowest BCUT2D eigenvalue weighted by Crippen LogP contribution is -2.17. The Kier molecular flexibility index (Phi) is 5.26. The fourth-order valence-electron chi connectivity index (χ4n) is 3.20. The number of carbonyl (C=O) groups excluding carboxylic acids is 1. The van der Waals surface area contributed by atoms with Crippen molar-refractivity contribution >= 4 is 28.4 Å². The smallest absolute Gasteiger partial charge is 0.411 e. The van der Waals surface area contributed by atoms with Crippen LogP contribution in [0, 0.1) is 0 Å². The van der Waals surface area contributed by atoms with Crippen LogP contribution < -0.4 is 15.8 Å². The van der Waals surface area contributed by atoms with E-state index < -0.39 is 6.09 Å². The van der Waals surface area contributed by atoms with Crippen LogP contribution in [0.15, 0.2) is 42.5 Å². The molecule has 0 spiro atoms. The highest BCUT2D eigenvalue weighted by Crippen LogP contribution is 2.38. The molecule has 0 saturated carbocycles. The highest BCUT2D eigenvalue weighted by molar-refractivity contribution is 6.01. The summed E-state index contributed by atoms with van der Waals surface area (Å²) in [6, 6.07) is 13.5. The van der Waals surface area contributed by atoms with Gasteiger partial charge in [-0.05, 0) is 51.1 Å². The molecule has 0 radical (unpaired) electrons. The normalized spacial score (nSPS) is 11.0. The van der Waals surface area contributed by atoms with Crippen LogP contribution in [0.25, 0.3) is 22.2 Å². The van der Waals surface area contributed by atoms with Gasteiger partial charge in [-0.15, -0.1) is 0 Å². The molecular formula is C21H25N3O3. The molecule has 0 atom stereocenters. The molecule has 0 aliphatic heterocycles. The van der Waals surface area contributed by atoms with E-state index in [2.05, 4.69) is 16.8 Å². The molecule has 0 aliphatic rings. The molecule has 6 nitrogen and oxygen atoms in total. The van der Waals surface area contributed by atoms with Crippen LogP contribution in [-0.2, 0) is 11.3 Å². The van der Waals surface area contributed by atoms with Gasteiger partial charge < -0.3 is 19.8 Å². The lowest BCUT2D eigenvalue weighted by atomic mass is 10.1. The van der Waals surface area contributed by atoms with Gasteiger partial charge in [0.2, 0.25) is 0 Å². The quantitative estimate of drug-likeness (QED) is 0.674. The van der Waals surface area contributed by atoms with E-state index >= 15 is 0 Å². The molecule has 3 rings (SSSR count). The predicted molar refractivity (Wildman–Crippen MR) is 109 cm³/mol. The van der Waals surface area contributed by atoms with Crippen LogP contribution in [0.1, 0.15) is 20.8 Å². The first kappa shape index (κ1) is 18.6. The highest BCUT2D eigenvalue weighted by Gasteiger charge is 2.16. The second-order valence-electron chi connectivity index (χ2n) is 6.55. The van der Waals surface area contributed by atoms with Crippen molar-refractivity contribution in [2.24, 2.45) is 0 Å². The summed E-state index contributed by atoms with van der Waals surface area (Å²) in [4.78, 5) is 11.7. The van der Waals surface area contributed by atoms with Crippen LogP contribution in [0.4, 0.5) is 16.2 Å². The van der Waals surface area contributed by atoms with Crippen LogP contribution in [0.5, 0.6) is 5.75 Å². The third-order valence-corrected chi connectivity index (χ3v) is 4.37. The number of aryl methyl sites for hydroxylation is 1. The van der Waals surface area contributed by atoms with Gasteiger partial charge in [-0.3, -0.25) is 5.32 Å². The summed E-state index contributed by atoms with van der Waals surface area (Å²) in [6.07, 6.45) is -0.631. The Bertz CT molecular complexity index is 959. The highest BCUT2D eigenvalue weighted by atomic mass is 16.6. The van der Waals surface area contributed by atoms with Gasteiger partial charge in [0.1, 0.15) is 5.75 Å². The number of anilines is 2. The number of amides is 1. The van der Waals surface area contributed by atoms with E-state index in [0.29, 0.717) is 11.4 Å². The number of hydrogen-bond acceptors (Lipinski definition) is 4. The fourth-order valence-corrected chi connectivity index (χ4v) is 3.20. The Labute approximate surface area is 158 Å². The second-order valence-corrected chi connectivity index (χ2v) is 6.55. The summed E-state index contributed by atoms with van der Waals surface area (Å²) < 4.78 is 12.6. The minimum atomic E-state index is -0.466. The maximum Gasteiger partial charge on any atom is 0.411 e. The Balaban J connectivity index is 1.97. The van der Waals surface area contributed by atoms with Crippen molar-refractivity contribution in [2.75, 3.05) is 18.2 Å². The van der Waals surface area contributed by atoms with Crippen molar-refractivity contribution in [3.63, 3.8) is 0 Å². The number of rotatable bonds is 5. The van der Waals surface area contributed by atoms with Gasteiger partial charge >= 0.3 is 6.09 Å². The fraction of sp³-hybridized carbons (Fsp3) is 0.286. The molecule has 1 amide bonds. The van der Waals surface area contributed by atoms with Crippen molar-refractivity contribution in [2.45, 2.75) is 33.4 Å². The van der Waals surface area contributed by atoms with Crippen LogP contribution in [0.2, 0.25) is 0 Å². The van der Waals surface area contributed by atoms with Gasteiger partial charge in [-0.1, -0.05) is 12.1 Å². The van der Waals surface area contributed by atoms with E-state index in [1.54, 1.807) is 7.11 Å². The molecule has 0 saturated heterocycles. The first-order valence-electron chi connectivity index (χ1n) is 8.98. The second kappa shape index (κ2) is 7.61. The number of nitrogens with zero attached hydrogens (tertiary/aromatic N) is 1. The first-order chi connectivity index (χ1) is 12.9. The Hall–Kier alpha value is -3.15. The lowest BCUT2D eigenvalue weighted by molar-refractivity contribution is 0.130. The number of benzene rings is 2. The molecule has 0 fully saturated rings. The van der Waals surface area contributed by atoms with Gasteiger partial charge in [0.25, 0.3) is 0 Å². The summed E-state index contributed by atoms with van der Waals surface area (Å²) in [5, 5.41) is 3.69. The number of nitrogens with one attached hydrogen (secondary N) is 1. The number of carbonyl (C=O) groups is 1. The topological polar surface area (TPSA) is 78.5 Å². The Morgan fingerprint density at radius 1 is 1.19 bits per heavy atom. The minimum Gasteiger partial charge on any atom is -0.497 e. The van der Waals surface area contributed by atoms with Crippen LogP contribution >= 0.6 is 0 Å². The minimum absolute atomic E-state index is 0.165. The van der Waals surface area contributed by atoms with Crippen molar-refractivity contribution in [1.29, 1.82) is 0 Å². The number of fused-ring (bicyclic) bond motifs is 1. The number of ether oxygens (including phenoxy) is 2. The lowest BCUT2D eigenvalue weighted by Gasteiger charge is -2.11. The molecule has 3 aromatic rings. The van der Waals surface area contributed by atoms with Gasteiger partial charge in [0, 0.05) is 23.2 Å². The molecule has 3 N–H and O–H groups in total. The largest absolute Gasteiger partial charge is 0.497 e. The SMILES string of the molecule is CCn1c(-c2ccc(NC(=O)OC(C)C)cc2)c(N)c2cc(OC)ccc21. The predicted octanol–water partition coefficient (Wildman–Crippen LogP) is 4.88. The van der Waals surface area contributed by atoms with Gasteiger partial charge in [0.05, 0.1) is 30.1 Å². The van der Waals surface area contributed by atoms with E-state index in [-0.39, 0.29) is 6.10 Å². The molecule has 0 unspecified atom stereocenters. The van der Waals surface area contributed by atoms with Gasteiger partial charge in [-0.25, -0.2) is 4.79 Å². The van der Waals surface area contributed by atoms with Crippen LogP contribution in [0.3, 0.4) is 0 Å². The van der Waals surface area contributed by atoms with E-state index in [1.165, 1.54) is 0 Å². The number of nitrogen functional groups attached to an aromatic ring is 1. The average molecular weight is 367 g/mol. The van der Waals surface area contributed by atoms with E-state index in [4.69, 9.17) is 15.2 Å². The van der Waals surface area contributed by atoms with E-state index in [0.717, 1.165) is 34.5 Å². The molecular weight excluding hydrogens is 342 g/mol. The summed E-state index contributed by atoms with van der Waals surface area (Å²) in [5.41, 5.74) is 10.9. The molecule has 0 bridgehead atoms.